The minimum Gasteiger partial charge on any atom is -0.416 e. The summed E-state index contributed by atoms with van der Waals surface area (Å²) in [7, 11) is 0. The minimum absolute atomic E-state index is 0.362. The molecular formula is C8H6FN3OS. The molecule has 0 aliphatic heterocycles. The monoisotopic (exact) mass is 211 g/mol. The van der Waals surface area contributed by atoms with Crippen molar-refractivity contribution in [3.05, 3.63) is 30.0 Å². The van der Waals surface area contributed by atoms with Crippen LogP contribution in [-0.4, -0.2) is 15.2 Å². The first-order valence-electron chi connectivity index (χ1n) is 3.84. The molecule has 0 radical (unpaired) electrons. The quantitative estimate of drug-likeness (QED) is 0.711. The van der Waals surface area contributed by atoms with Crippen LogP contribution in [-0.2, 0) is 0 Å². The van der Waals surface area contributed by atoms with Crippen LogP contribution in [0.1, 0.15) is 5.89 Å². The number of aryl methyl sites for hydroxylation is 1. The highest BCUT2D eigenvalue weighted by atomic mass is 32.2. The minimum atomic E-state index is -0.522. The van der Waals surface area contributed by atoms with Crippen molar-refractivity contribution in [1.82, 2.24) is 15.2 Å². The fraction of sp³-hybridized carbons (Fsp3) is 0.125. The van der Waals surface area contributed by atoms with Gasteiger partial charge in [-0.3, -0.25) is 0 Å². The average Bonchev–Trinajstić information content (AvgIpc) is 2.51. The van der Waals surface area contributed by atoms with Gasteiger partial charge in [0.1, 0.15) is 5.03 Å². The van der Waals surface area contributed by atoms with Gasteiger partial charge in [0, 0.05) is 6.92 Å². The van der Waals surface area contributed by atoms with E-state index < -0.39 is 5.95 Å². The van der Waals surface area contributed by atoms with Gasteiger partial charge in [0.2, 0.25) is 11.8 Å². The number of rotatable bonds is 2. The molecule has 0 aromatic carbocycles. The van der Waals surface area contributed by atoms with Crippen LogP contribution in [0.25, 0.3) is 0 Å². The largest absolute Gasteiger partial charge is 0.416 e. The van der Waals surface area contributed by atoms with Gasteiger partial charge in [-0.1, -0.05) is 6.07 Å². The lowest BCUT2D eigenvalue weighted by Crippen LogP contribution is -1.83. The van der Waals surface area contributed by atoms with Crippen LogP contribution in [0.4, 0.5) is 4.39 Å². The molecule has 2 aromatic rings. The average molecular weight is 211 g/mol. The number of hydrogen-bond donors (Lipinski definition) is 0. The summed E-state index contributed by atoms with van der Waals surface area (Å²) in [5.41, 5.74) is 0. The van der Waals surface area contributed by atoms with Crippen LogP contribution in [0.3, 0.4) is 0 Å². The predicted octanol–water partition coefficient (Wildman–Crippen LogP) is 2.06. The Morgan fingerprint density at radius 1 is 1.36 bits per heavy atom. The molecule has 0 fully saturated rings. The van der Waals surface area contributed by atoms with Crippen molar-refractivity contribution in [3.63, 3.8) is 0 Å². The molecule has 0 aliphatic carbocycles. The summed E-state index contributed by atoms with van der Waals surface area (Å²) in [6.45, 7) is 1.69. The summed E-state index contributed by atoms with van der Waals surface area (Å²) < 4.78 is 17.8. The summed E-state index contributed by atoms with van der Waals surface area (Å²) in [5, 5.41) is 8.26. The molecule has 0 saturated carbocycles. The molecule has 2 heterocycles. The molecule has 2 aromatic heterocycles. The fourth-order valence-electron chi connectivity index (χ4n) is 0.856. The maximum absolute atomic E-state index is 12.7. The number of hydrogen-bond acceptors (Lipinski definition) is 5. The fourth-order valence-corrected chi connectivity index (χ4v) is 1.56. The smallest absolute Gasteiger partial charge is 0.282 e. The van der Waals surface area contributed by atoms with Gasteiger partial charge < -0.3 is 4.42 Å². The predicted molar refractivity (Wildman–Crippen MR) is 47.4 cm³/mol. The molecule has 0 spiro atoms. The molecule has 0 aliphatic rings. The van der Waals surface area contributed by atoms with Gasteiger partial charge in [0.05, 0.1) is 0 Å². The van der Waals surface area contributed by atoms with Gasteiger partial charge in [-0.2, -0.15) is 4.39 Å². The highest BCUT2D eigenvalue weighted by molar-refractivity contribution is 7.99. The van der Waals surface area contributed by atoms with E-state index in [9.17, 15) is 4.39 Å². The number of halogens is 1. The normalized spacial score (nSPS) is 10.4. The van der Waals surface area contributed by atoms with Crippen LogP contribution < -0.4 is 0 Å². The Hall–Kier alpha value is -1.43. The van der Waals surface area contributed by atoms with E-state index in [-0.39, 0.29) is 0 Å². The molecule has 0 atom stereocenters. The molecule has 0 saturated heterocycles. The van der Waals surface area contributed by atoms with Gasteiger partial charge in [-0.05, 0) is 23.9 Å². The summed E-state index contributed by atoms with van der Waals surface area (Å²) in [5.74, 6) is -0.0462. The Labute approximate surface area is 83.6 Å². The molecule has 0 amide bonds. The SMILES string of the molecule is Cc1nnc(Sc2cccc(F)n2)o1. The van der Waals surface area contributed by atoms with E-state index in [1.807, 2.05) is 0 Å². The van der Waals surface area contributed by atoms with E-state index in [0.717, 1.165) is 11.8 Å². The second-order valence-corrected chi connectivity index (χ2v) is 3.46. The summed E-state index contributed by atoms with van der Waals surface area (Å²) in [6.07, 6.45) is 0. The molecule has 6 heteroatoms. The van der Waals surface area contributed by atoms with Crippen molar-refractivity contribution < 1.29 is 8.81 Å². The Morgan fingerprint density at radius 2 is 2.21 bits per heavy atom. The standard InChI is InChI=1S/C8H6FN3OS/c1-5-11-12-8(13-5)14-7-4-2-3-6(9)10-7/h2-4H,1H3. The van der Waals surface area contributed by atoms with Crippen LogP contribution in [0, 0.1) is 12.9 Å². The first-order valence-corrected chi connectivity index (χ1v) is 4.66. The molecule has 14 heavy (non-hydrogen) atoms. The number of nitrogens with zero attached hydrogens (tertiary/aromatic N) is 3. The molecule has 72 valence electrons. The third-order valence-corrected chi connectivity index (χ3v) is 2.17. The van der Waals surface area contributed by atoms with Gasteiger partial charge in [0.15, 0.2) is 0 Å². The highest BCUT2D eigenvalue weighted by Gasteiger charge is 2.06. The Morgan fingerprint density at radius 3 is 2.86 bits per heavy atom. The van der Waals surface area contributed by atoms with Gasteiger partial charge >= 0.3 is 0 Å². The number of pyridine rings is 1. The van der Waals surface area contributed by atoms with Crippen molar-refractivity contribution in [3.8, 4) is 0 Å². The van der Waals surface area contributed by atoms with E-state index in [1.165, 1.54) is 6.07 Å². The van der Waals surface area contributed by atoms with Crippen molar-refractivity contribution in [2.24, 2.45) is 0 Å². The van der Waals surface area contributed by atoms with E-state index >= 15 is 0 Å². The third-order valence-electron chi connectivity index (χ3n) is 1.39. The zero-order valence-corrected chi connectivity index (χ0v) is 8.08. The van der Waals surface area contributed by atoms with Crippen LogP contribution in [0.15, 0.2) is 32.9 Å². The van der Waals surface area contributed by atoms with E-state index in [1.54, 1.807) is 19.1 Å². The maximum atomic E-state index is 12.7. The second-order valence-electron chi connectivity index (χ2n) is 2.49. The molecule has 2 rings (SSSR count). The van der Waals surface area contributed by atoms with Gasteiger partial charge in [-0.25, -0.2) is 4.98 Å². The molecule has 0 bridgehead atoms. The molecule has 0 unspecified atom stereocenters. The Bertz CT molecular complexity index is 446. The van der Waals surface area contributed by atoms with Gasteiger partial charge in [-0.15, -0.1) is 10.2 Å². The first kappa shape index (κ1) is 9.14. The van der Waals surface area contributed by atoms with Crippen molar-refractivity contribution in [2.75, 3.05) is 0 Å². The lowest BCUT2D eigenvalue weighted by atomic mass is 10.5. The van der Waals surface area contributed by atoms with Crippen LogP contribution in [0.5, 0.6) is 0 Å². The summed E-state index contributed by atoms with van der Waals surface area (Å²) >= 11 is 1.13. The summed E-state index contributed by atoms with van der Waals surface area (Å²) in [6, 6.07) is 4.53. The van der Waals surface area contributed by atoms with Gasteiger partial charge in [0.25, 0.3) is 5.22 Å². The topological polar surface area (TPSA) is 51.8 Å². The van der Waals surface area contributed by atoms with Crippen LogP contribution in [0.2, 0.25) is 0 Å². The molecular weight excluding hydrogens is 205 g/mol. The van der Waals surface area contributed by atoms with Crippen molar-refractivity contribution in [1.29, 1.82) is 0 Å². The zero-order valence-electron chi connectivity index (χ0n) is 7.27. The van der Waals surface area contributed by atoms with E-state index in [4.69, 9.17) is 4.42 Å². The number of aromatic nitrogens is 3. The Kier molecular flexibility index (Phi) is 2.45. The van der Waals surface area contributed by atoms with Crippen LogP contribution >= 0.6 is 11.8 Å². The zero-order chi connectivity index (χ0) is 9.97. The highest BCUT2D eigenvalue weighted by Crippen LogP contribution is 2.24. The second kappa shape index (κ2) is 3.75. The van der Waals surface area contributed by atoms with Crippen molar-refractivity contribution in [2.45, 2.75) is 17.2 Å². The summed E-state index contributed by atoms with van der Waals surface area (Å²) in [4.78, 5) is 3.65. The molecule has 0 N–H and O–H groups in total. The Balaban J connectivity index is 2.18. The third kappa shape index (κ3) is 2.08. The van der Waals surface area contributed by atoms with Crippen molar-refractivity contribution >= 4 is 11.8 Å². The molecule has 4 nitrogen and oxygen atoms in total. The van der Waals surface area contributed by atoms with E-state index in [2.05, 4.69) is 15.2 Å². The lowest BCUT2D eigenvalue weighted by molar-refractivity contribution is 0.429. The van der Waals surface area contributed by atoms with E-state index in [0.29, 0.717) is 16.1 Å². The first-order chi connectivity index (χ1) is 6.74. The lowest BCUT2D eigenvalue weighted by Gasteiger charge is -1.93. The maximum Gasteiger partial charge on any atom is 0.282 e.